The van der Waals surface area contributed by atoms with Crippen molar-refractivity contribution in [2.24, 2.45) is 5.92 Å². The number of likely N-dealkylation sites (tertiary alicyclic amines) is 1. The number of nitrogens with zero attached hydrogens (tertiary/aromatic N) is 2. The molecule has 1 aliphatic rings. The Balaban J connectivity index is 2.10. The van der Waals surface area contributed by atoms with Gasteiger partial charge in [-0.05, 0) is 28.4 Å². The van der Waals surface area contributed by atoms with Crippen LogP contribution < -0.4 is 0 Å². The van der Waals surface area contributed by atoms with Crippen LogP contribution >= 0.6 is 27.5 Å². The first-order chi connectivity index (χ1) is 8.61. The molecule has 0 aliphatic carbocycles. The van der Waals surface area contributed by atoms with Crippen LogP contribution in [0.4, 0.5) is 0 Å². The third-order valence-corrected chi connectivity index (χ3v) is 3.75. The first kappa shape index (κ1) is 13.8. The van der Waals surface area contributed by atoms with Gasteiger partial charge in [0.15, 0.2) is 0 Å². The summed E-state index contributed by atoms with van der Waals surface area (Å²) >= 11 is 9.26. The fourth-order valence-electron chi connectivity index (χ4n) is 2.13. The highest BCUT2D eigenvalue weighted by Gasteiger charge is 2.28. The number of methoxy groups -OCH3 is 1. The third-order valence-electron chi connectivity index (χ3n) is 3.01. The number of halogens is 2. The van der Waals surface area contributed by atoms with Gasteiger partial charge in [0.05, 0.1) is 12.2 Å². The number of hydrogen-bond acceptors (Lipinski definition) is 3. The lowest BCUT2D eigenvalue weighted by Crippen LogP contribution is -2.29. The number of aromatic nitrogens is 1. The second-order valence-electron chi connectivity index (χ2n) is 4.35. The molecule has 0 bridgehead atoms. The standard InChI is InChI=1S/C12H14BrClN2O2/c1-18-7-8-2-3-16(6-8)12(17)10-4-9(13)5-15-11(10)14/h4-5,8H,2-3,6-7H2,1H3. The summed E-state index contributed by atoms with van der Waals surface area (Å²) in [4.78, 5) is 18.1. The van der Waals surface area contributed by atoms with Crippen molar-refractivity contribution in [3.05, 3.63) is 27.5 Å². The van der Waals surface area contributed by atoms with Crippen molar-refractivity contribution in [1.82, 2.24) is 9.88 Å². The van der Waals surface area contributed by atoms with Crippen molar-refractivity contribution < 1.29 is 9.53 Å². The lowest BCUT2D eigenvalue weighted by Gasteiger charge is -2.17. The SMILES string of the molecule is COCC1CCN(C(=O)c2cc(Br)cnc2Cl)C1. The van der Waals surface area contributed by atoms with Crippen molar-refractivity contribution in [1.29, 1.82) is 0 Å². The molecule has 0 spiro atoms. The Labute approximate surface area is 119 Å². The molecule has 1 aromatic rings. The zero-order valence-electron chi connectivity index (χ0n) is 10.0. The van der Waals surface area contributed by atoms with Gasteiger partial charge in [0, 0.05) is 36.8 Å². The summed E-state index contributed by atoms with van der Waals surface area (Å²) in [6, 6.07) is 1.71. The number of amides is 1. The lowest BCUT2D eigenvalue weighted by atomic mass is 10.1. The quantitative estimate of drug-likeness (QED) is 0.799. The van der Waals surface area contributed by atoms with Crippen LogP contribution in [0.15, 0.2) is 16.7 Å². The van der Waals surface area contributed by atoms with Gasteiger partial charge < -0.3 is 9.64 Å². The predicted octanol–water partition coefficient (Wildman–Crippen LogP) is 2.61. The molecule has 4 nitrogen and oxygen atoms in total. The molecule has 6 heteroatoms. The van der Waals surface area contributed by atoms with Crippen LogP contribution in [0.2, 0.25) is 5.15 Å². The fourth-order valence-corrected chi connectivity index (χ4v) is 2.65. The van der Waals surface area contributed by atoms with E-state index in [1.165, 1.54) is 0 Å². The summed E-state index contributed by atoms with van der Waals surface area (Å²) < 4.78 is 5.87. The van der Waals surface area contributed by atoms with Crippen molar-refractivity contribution in [2.75, 3.05) is 26.8 Å². The van der Waals surface area contributed by atoms with E-state index in [9.17, 15) is 4.79 Å². The van der Waals surface area contributed by atoms with Gasteiger partial charge in [-0.25, -0.2) is 4.98 Å². The summed E-state index contributed by atoms with van der Waals surface area (Å²) in [5, 5.41) is 0.249. The fraction of sp³-hybridized carbons (Fsp3) is 0.500. The van der Waals surface area contributed by atoms with Crippen molar-refractivity contribution >= 4 is 33.4 Å². The van der Waals surface area contributed by atoms with E-state index >= 15 is 0 Å². The third kappa shape index (κ3) is 3.02. The Morgan fingerprint density at radius 2 is 2.50 bits per heavy atom. The summed E-state index contributed by atoms with van der Waals surface area (Å²) in [5.41, 5.74) is 0.448. The molecule has 1 amide bonds. The van der Waals surface area contributed by atoms with Gasteiger partial charge in [0.1, 0.15) is 5.15 Å². The van der Waals surface area contributed by atoms with Crippen molar-refractivity contribution in [3.63, 3.8) is 0 Å². The van der Waals surface area contributed by atoms with Crippen LogP contribution in [-0.4, -0.2) is 42.6 Å². The van der Waals surface area contributed by atoms with E-state index < -0.39 is 0 Å². The first-order valence-electron chi connectivity index (χ1n) is 5.71. The minimum atomic E-state index is -0.0626. The second kappa shape index (κ2) is 5.99. The van der Waals surface area contributed by atoms with Crippen LogP contribution in [0.25, 0.3) is 0 Å². The molecular formula is C12H14BrClN2O2. The Kier molecular flexibility index (Phi) is 4.59. The molecule has 2 rings (SSSR count). The molecular weight excluding hydrogens is 320 g/mol. The maximum Gasteiger partial charge on any atom is 0.257 e. The number of rotatable bonds is 3. The molecule has 0 N–H and O–H groups in total. The summed E-state index contributed by atoms with van der Waals surface area (Å²) in [6.07, 6.45) is 2.55. The zero-order chi connectivity index (χ0) is 13.1. The minimum Gasteiger partial charge on any atom is -0.384 e. The highest BCUT2D eigenvalue weighted by molar-refractivity contribution is 9.10. The maximum atomic E-state index is 12.3. The molecule has 1 saturated heterocycles. The lowest BCUT2D eigenvalue weighted by molar-refractivity contribution is 0.0775. The van der Waals surface area contributed by atoms with Gasteiger partial charge in [0.2, 0.25) is 0 Å². The number of hydrogen-bond donors (Lipinski definition) is 0. The molecule has 0 aromatic carbocycles. The normalized spacial score (nSPS) is 19.3. The van der Waals surface area contributed by atoms with Crippen LogP contribution in [-0.2, 0) is 4.74 Å². The molecule has 2 heterocycles. The molecule has 1 atom stereocenters. The number of ether oxygens (including phenoxy) is 1. The monoisotopic (exact) mass is 332 g/mol. The predicted molar refractivity (Wildman–Crippen MR) is 72.8 cm³/mol. The molecule has 0 saturated carbocycles. The maximum absolute atomic E-state index is 12.3. The Hall–Kier alpha value is -0.650. The van der Waals surface area contributed by atoms with Gasteiger partial charge in [-0.1, -0.05) is 11.6 Å². The van der Waals surface area contributed by atoms with E-state index in [0.717, 1.165) is 24.0 Å². The smallest absolute Gasteiger partial charge is 0.257 e. The highest BCUT2D eigenvalue weighted by Crippen LogP contribution is 2.23. The molecule has 1 aliphatic heterocycles. The average Bonchev–Trinajstić information content (AvgIpc) is 2.80. The molecule has 0 radical (unpaired) electrons. The van der Waals surface area contributed by atoms with Crippen molar-refractivity contribution in [3.8, 4) is 0 Å². The van der Waals surface area contributed by atoms with Crippen LogP contribution in [0.1, 0.15) is 16.8 Å². The van der Waals surface area contributed by atoms with Crippen LogP contribution in [0.3, 0.4) is 0 Å². The summed E-state index contributed by atoms with van der Waals surface area (Å²) in [5.74, 6) is 0.352. The van der Waals surface area contributed by atoms with E-state index in [0.29, 0.717) is 18.1 Å². The van der Waals surface area contributed by atoms with E-state index in [4.69, 9.17) is 16.3 Å². The minimum absolute atomic E-state index is 0.0626. The zero-order valence-corrected chi connectivity index (χ0v) is 12.4. The molecule has 1 fully saturated rings. The van der Waals surface area contributed by atoms with Crippen LogP contribution in [0.5, 0.6) is 0 Å². The molecule has 98 valence electrons. The van der Waals surface area contributed by atoms with Crippen molar-refractivity contribution in [2.45, 2.75) is 6.42 Å². The molecule has 1 unspecified atom stereocenters. The van der Waals surface area contributed by atoms with E-state index in [1.807, 2.05) is 0 Å². The molecule has 1 aromatic heterocycles. The van der Waals surface area contributed by atoms with E-state index in [2.05, 4.69) is 20.9 Å². The largest absolute Gasteiger partial charge is 0.384 e. The van der Waals surface area contributed by atoms with E-state index in [-0.39, 0.29) is 11.1 Å². The Morgan fingerprint density at radius 1 is 1.72 bits per heavy atom. The molecule has 18 heavy (non-hydrogen) atoms. The average molecular weight is 334 g/mol. The van der Waals surface area contributed by atoms with Crippen LogP contribution in [0, 0.1) is 5.92 Å². The Bertz CT molecular complexity index is 456. The number of pyridine rings is 1. The number of carbonyl (C=O) groups is 1. The van der Waals surface area contributed by atoms with Gasteiger partial charge in [-0.3, -0.25) is 4.79 Å². The summed E-state index contributed by atoms with van der Waals surface area (Å²) in [7, 11) is 1.68. The topological polar surface area (TPSA) is 42.4 Å². The van der Waals surface area contributed by atoms with E-state index in [1.54, 1.807) is 24.3 Å². The van der Waals surface area contributed by atoms with Gasteiger partial charge in [-0.2, -0.15) is 0 Å². The second-order valence-corrected chi connectivity index (χ2v) is 5.63. The highest BCUT2D eigenvalue weighted by atomic mass is 79.9. The summed E-state index contributed by atoms with van der Waals surface area (Å²) in [6.45, 7) is 2.15. The van der Waals surface area contributed by atoms with Gasteiger partial charge in [-0.15, -0.1) is 0 Å². The Morgan fingerprint density at radius 3 is 3.22 bits per heavy atom. The van der Waals surface area contributed by atoms with Gasteiger partial charge in [0.25, 0.3) is 5.91 Å². The first-order valence-corrected chi connectivity index (χ1v) is 6.88. The van der Waals surface area contributed by atoms with Gasteiger partial charge >= 0.3 is 0 Å². The number of carbonyl (C=O) groups excluding carboxylic acids is 1.